The molecule has 2 aromatic heterocycles. The highest BCUT2D eigenvalue weighted by atomic mass is 32.2. The van der Waals surface area contributed by atoms with Crippen molar-refractivity contribution in [2.75, 3.05) is 17.7 Å². The number of nitrogens with one attached hydrogen (secondary N) is 1. The van der Waals surface area contributed by atoms with Crippen LogP contribution < -0.4 is 10.1 Å². The zero-order valence-corrected chi connectivity index (χ0v) is 22.3. The Morgan fingerprint density at radius 1 is 1.20 bits per heavy atom. The number of hydrogen-bond donors (Lipinski definition) is 1. The summed E-state index contributed by atoms with van der Waals surface area (Å²) in [6.07, 6.45) is 1.75. The molecule has 0 unspecified atom stereocenters. The van der Waals surface area contributed by atoms with E-state index in [2.05, 4.69) is 22.1 Å². The molecule has 0 saturated heterocycles. The highest BCUT2D eigenvalue weighted by Gasteiger charge is 2.22. The summed E-state index contributed by atoms with van der Waals surface area (Å²) in [5, 5.41) is 12.5. The van der Waals surface area contributed by atoms with E-state index < -0.39 is 5.97 Å². The van der Waals surface area contributed by atoms with Crippen LogP contribution in [-0.4, -0.2) is 39.0 Å². The number of benzene rings is 1. The molecule has 8 nitrogen and oxygen atoms in total. The number of anilines is 1. The highest BCUT2D eigenvalue weighted by molar-refractivity contribution is 7.99. The van der Waals surface area contributed by atoms with Gasteiger partial charge in [-0.25, -0.2) is 4.79 Å². The second-order valence-electron chi connectivity index (χ2n) is 7.83. The molecule has 0 spiro atoms. The average molecular weight is 515 g/mol. The van der Waals surface area contributed by atoms with Crippen LogP contribution in [-0.2, 0) is 22.7 Å². The van der Waals surface area contributed by atoms with Crippen LogP contribution in [0.15, 0.2) is 36.0 Å². The molecule has 3 rings (SSSR count). The van der Waals surface area contributed by atoms with Crippen molar-refractivity contribution >= 4 is 40.0 Å². The van der Waals surface area contributed by atoms with E-state index in [1.54, 1.807) is 13.0 Å². The number of allylic oxidation sites excluding steroid dienone is 1. The average Bonchev–Trinajstić information content (AvgIpc) is 3.33. The summed E-state index contributed by atoms with van der Waals surface area (Å²) in [7, 11) is 0. The van der Waals surface area contributed by atoms with Gasteiger partial charge in [-0.1, -0.05) is 30.0 Å². The number of aromatic nitrogens is 3. The number of nitrogens with zero attached hydrogens (tertiary/aromatic N) is 3. The lowest BCUT2D eigenvalue weighted by Crippen LogP contribution is -2.17. The third-order valence-corrected chi connectivity index (χ3v) is 7.56. The van der Waals surface area contributed by atoms with Crippen LogP contribution in [0.1, 0.15) is 44.7 Å². The quantitative estimate of drug-likeness (QED) is 0.212. The van der Waals surface area contributed by atoms with Gasteiger partial charge in [-0.3, -0.25) is 9.36 Å². The summed E-state index contributed by atoms with van der Waals surface area (Å²) in [4.78, 5) is 26.0. The molecule has 10 heteroatoms. The first-order chi connectivity index (χ1) is 16.8. The maximum Gasteiger partial charge on any atom is 0.341 e. The van der Waals surface area contributed by atoms with E-state index in [0.29, 0.717) is 28.1 Å². The number of aryl methyl sites for hydroxylation is 2. The Hall–Kier alpha value is -3.11. The molecule has 0 aliphatic rings. The van der Waals surface area contributed by atoms with Gasteiger partial charge in [-0.15, -0.1) is 28.1 Å². The second kappa shape index (κ2) is 12.0. The molecule has 0 aliphatic heterocycles. The van der Waals surface area contributed by atoms with Crippen LogP contribution in [0, 0.1) is 27.7 Å². The standard InChI is InChI=1S/C25H30N4O4S2/c1-7-12-29-20(13-33-19-11-9-10-15(3)16(19)4)27-28-25(29)34-14-21(30)26-23-22(24(31)32-8-2)17(5)18(6)35-23/h7,9-11H,1,8,12-14H2,2-6H3,(H,26,30). The number of carbonyl (C=O) groups is 2. The summed E-state index contributed by atoms with van der Waals surface area (Å²) in [6, 6.07) is 5.92. The Balaban J connectivity index is 1.68. The second-order valence-corrected chi connectivity index (χ2v) is 10.00. The van der Waals surface area contributed by atoms with E-state index in [-0.39, 0.29) is 24.9 Å². The summed E-state index contributed by atoms with van der Waals surface area (Å²) in [5.41, 5.74) is 3.46. The third-order valence-electron chi connectivity index (χ3n) is 5.47. The number of hydrogen-bond acceptors (Lipinski definition) is 8. The van der Waals surface area contributed by atoms with Gasteiger partial charge in [0.15, 0.2) is 11.0 Å². The molecule has 0 aliphatic carbocycles. The fourth-order valence-electron chi connectivity index (χ4n) is 3.32. The lowest BCUT2D eigenvalue weighted by atomic mass is 10.1. The van der Waals surface area contributed by atoms with Gasteiger partial charge in [0.05, 0.1) is 17.9 Å². The van der Waals surface area contributed by atoms with Gasteiger partial charge in [0.1, 0.15) is 17.4 Å². The fraction of sp³-hybridized carbons (Fsp3) is 0.360. The largest absolute Gasteiger partial charge is 0.485 e. The van der Waals surface area contributed by atoms with Crippen LogP contribution in [0.5, 0.6) is 5.75 Å². The van der Waals surface area contributed by atoms with Gasteiger partial charge in [-0.05, 0) is 57.4 Å². The summed E-state index contributed by atoms with van der Waals surface area (Å²) >= 11 is 2.62. The van der Waals surface area contributed by atoms with Crippen LogP contribution in [0.4, 0.5) is 5.00 Å². The molecular weight excluding hydrogens is 484 g/mol. The maximum atomic E-state index is 12.7. The van der Waals surface area contributed by atoms with Gasteiger partial charge in [0.25, 0.3) is 0 Å². The molecule has 0 radical (unpaired) electrons. The Morgan fingerprint density at radius 3 is 2.69 bits per heavy atom. The zero-order chi connectivity index (χ0) is 25.5. The van der Waals surface area contributed by atoms with Crippen LogP contribution in [0.25, 0.3) is 0 Å². The van der Waals surface area contributed by atoms with E-state index in [4.69, 9.17) is 9.47 Å². The number of thiophene rings is 1. The number of thioether (sulfide) groups is 1. The smallest absolute Gasteiger partial charge is 0.341 e. The summed E-state index contributed by atoms with van der Waals surface area (Å²) < 4.78 is 13.0. The lowest BCUT2D eigenvalue weighted by Gasteiger charge is -2.12. The lowest BCUT2D eigenvalue weighted by molar-refractivity contribution is -0.113. The molecular formula is C25H30N4O4S2. The molecule has 2 heterocycles. The van der Waals surface area contributed by atoms with Gasteiger partial charge in [0, 0.05) is 11.4 Å². The first kappa shape index (κ1) is 26.5. The van der Waals surface area contributed by atoms with E-state index in [0.717, 1.165) is 27.3 Å². The van der Waals surface area contributed by atoms with Crippen LogP contribution >= 0.6 is 23.1 Å². The molecule has 186 valence electrons. The predicted octanol–water partition coefficient (Wildman–Crippen LogP) is 5.25. The molecule has 1 aromatic carbocycles. The minimum absolute atomic E-state index is 0.103. The van der Waals surface area contributed by atoms with E-state index in [9.17, 15) is 9.59 Å². The first-order valence-electron chi connectivity index (χ1n) is 11.2. The molecule has 0 atom stereocenters. The van der Waals surface area contributed by atoms with Crippen molar-refractivity contribution < 1.29 is 19.1 Å². The highest BCUT2D eigenvalue weighted by Crippen LogP contribution is 2.33. The Bertz CT molecular complexity index is 1230. The fourth-order valence-corrected chi connectivity index (χ4v) is 5.16. The first-order valence-corrected chi connectivity index (χ1v) is 13.0. The zero-order valence-electron chi connectivity index (χ0n) is 20.6. The van der Waals surface area contributed by atoms with E-state index >= 15 is 0 Å². The number of carbonyl (C=O) groups excluding carboxylic acids is 2. The van der Waals surface area contributed by atoms with Crippen molar-refractivity contribution in [1.29, 1.82) is 0 Å². The normalized spacial score (nSPS) is 10.8. The minimum Gasteiger partial charge on any atom is -0.485 e. The van der Waals surface area contributed by atoms with Crippen molar-refractivity contribution in [3.8, 4) is 5.75 Å². The number of esters is 1. The third kappa shape index (κ3) is 6.32. The van der Waals surface area contributed by atoms with E-state index in [1.165, 1.54) is 23.1 Å². The number of ether oxygens (including phenoxy) is 2. The van der Waals surface area contributed by atoms with Gasteiger partial charge < -0.3 is 14.8 Å². The molecule has 3 aromatic rings. The molecule has 1 amide bonds. The van der Waals surface area contributed by atoms with Crippen molar-refractivity contribution in [2.24, 2.45) is 0 Å². The number of amides is 1. The predicted molar refractivity (Wildman–Crippen MR) is 140 cm³/mol. The number of rotatable bonds is 11. The van der Waals surface area contributed by atoms with Gasteiger partial charge >= 0.3 is 5.97 Å². The topological polar surface area (TPSA) is 95.3 Å². The van der Waals surface area contributed by atoms with Crippen LogP contribution in [0.2, 0.25) is 0 Å². The summed E-state index contributed by atoms with van der Waals surface area (Å²) in [6.45, 7) is 14.4. The molecule has 0 fully saturated rings. The van der Waals surface area contributed by atoms with Gasteiger partial charge in [0.2, 0.25) is 5.91 Å². The Kier molecular flexibility index (Phi) is 9.11. The Morgan fingerprint density at radius 2 is 1.97 bits per heavy atom. The van der Waals surface area contributed by atoms with Crippen molar-refractivity contribution in [1.82, 2.24) is 14.8 Å². The molecule has 1 N–H and O–H groups in total. The molecule has 35 heavy (non-hydrogen) atoms. The summed E-state index contributed by atoms with van der Waals surface area (Å²) in [5.74, 6) is 0.860. The molecule has 0 saturated carbocycles. The Labute approximate surface area is 213 Å². The van der Waals surface area contributed by atoms with E-state index in [1.807, 2.05) is 50.5 Å². The van der Waals surface area contributed by atoms with Crippen LogP contribution in [0.3, 0.4) is 0 Å². The SMILES string of the molecule is C=CCn1c(COc2cccc(C)c2C)nnc1SCC(=O)Nc1sc(C)c(C)c1C(=O)OCC. The molecule has 0 bridgehead atoms. The van der Waals surface area contributed by atoms with Crippen molar-refractivity contribution in [3.05, 3.63) is 63.8 Å². The van der Waals surface area contributed by atoms with Crippen molar-refractivity contribution in [3.63, 3.8) is 0 Å². The van der Waals surface area contributed by atoms with Crippen molar-refractivity contribution in [2.45, 2.75) is 52.9 Å². The maximum absolute atomic E-state index is 12.7. The minimum atomic E-state index is -0.434. The monoisotopic (exact) mass is 514 g/mol. The van der Waals surface area contributed by atoms with Gasteiger partial charge in [-0.2, -0.15) is 0 Å².